The van der Waals surface area contributed by atoms with Crippen molar-refractivity contribution in [3.05, 3.63) is 53.2 Å². The van der Waals surface area contributed by atoms with E-state index in [1.807, 2.05) is 0 Å². The van der Waals surface area contributed by atoms with E-state index in [2.05, 4.69) is 25.5 Å². The third-order valence-electron chi connectivity index (χ3n) is 4.71. The summed E-state index contributed by atoms with van der Waals surface area (Å²) in [7, 11) is 0. The number of halogens is 9. The molecule has 1 amide bonds. The summed E-state index contributed by atoms with van der Waals surface area (Å²) in [6.45, 7) is -0.143. The quantitative estimate of drug-likeness (QED) is 0.537. The first kappa shape index (κ1) is 26.9. The van der Waals surface area contributed by atoms with Gasteiger partial charge in [0.05, 0.1) is 23.4 Å². The molecule has 1 aliphatic rings. The van der Waals surface area contributed by atoms with Gasteiger partial charge in [-0.25, -0.2) is 15.0 Å². The molecule has 16 heteroatoms. The van der Waals surface area contributed by atoms with Gasteiger partial charge in [0.25, 0.3) is 5.91 Å². The van der Waals surface area contributed by atoms with E-state index in [1.165, 1.54) is 30.4 Å². The largest absolute Gasteiger partial charge is 0.483 e. The molecule has 2 heterocycles. The second kappa shape index (κ2) is 9.73. The molecule has 0 bridgehead atoms. The molecule has 3 rings (SSSR count). The lowest BCUT2D eigenvalue weighted by molar-refractivity contribution is -0.153. The first-order chi connectivity index (χ1) is 16.5. The Bertz CT molecular complexity index is 1080. The second-order valence-electron chi connectivity index (χ2n) is 7.50. The van der Waals surface area contributed by atoms with Gasteiger partial charge >= 0.3 is 18.5 Å². The van der Waals surface area contributed by atoms with Crippen LogP contribution >= 0.6 is 0 Å². The molecular weight excluding hydrogens is 513 g/mol. The van der Waals surface area contributed by atoms with Crippen LogP contribution in [0.5, 0.6) is 5.75 Å². The number of amides is 1. The number of carbonyl (C=O) groups is 1. The van der Waals surface area contributed by atoms with Crippen LogP contribution in [0.15, 0.2) is 41.5 Å². The Balaban J connectivity index is 1.75. The first-order valence-corrected chi connectivity index (χ1v) is 9.87. The third-order valence-corrected chi connectivity index (χ3v) is 4.71. The number of aliphatic imine (C=N–C) groups is 1. The van der Waals surface area contributed by atoms with Gasteiger partial charge in [-0.2, -0.15) is 39.5 Å². The highest BCUT2D eigenvalue weighted by molar-refractivity contribution is 5.95. The maximum Gasteiger partial charge on any atom is 0.422 e. The molecular formula is C20H16F9N5O2. The van der Waals surface area contributed by atoms with Gasteiger partial charge in [0, 0.05) is 5.56 Å². The Morgan fingerprint density at radius 1 is 1.06 bits per heavy atom. The van der Waals surface area contributed by atoms with Crippen molar-refractivity contribution >= 4 is 18.1 Å². The van der Waals surface area contributed by atoms with Gasteiger partial charge in [0.2, 0.25) is 0 Å². The number of pyridine rings is 1. The molecule has 2 aromatic rings. The Morgan fingerprint density at radius 2 is 1.67 bits per heavy atom. The van der Waals surface area contributed by atoms with Crippen LogP contribution in [0, 0.1) is 0 Å². The van der Waals surface area contributed by atoms with Gasteiger partial charge in [-0.1, -0.05) is 0 Å². The van der Waals surface area contributed by atoms with E-state index in [4.69, 9.17) is 0 Å². The molecule has 2 N–H and O–H groups in total. The number of hydrazine groups is 1. The number of aromatic nitrogens is 1. The van der Waals surface area contributed by atoms with Crippen LogP contribution < -0.4 is 20.5 Å². The van der Waals surface area contributed by atoms with E-state index in [-0.39, 0.29) is 17.6 Å². The SMILES string of the molecule is CC(NC(=O)c1cc(C(F)(F)F)cc(C(F)(F)F)c1)C1N=CNN1c1ccc(OCC(F)(F)F)cn1. The highest BCUT2D eigenvalue weighted by atomic mass is 19.4. The molecule has 0 fully saturated rings. The number of nitrogens with one attached hydrogen (secondary N) is 2. The summed E-state index contributed by atoms with van der Waals surface area (Å²) in [5.74, 6) is -1.28. The number of nitrogens with zero attached hydrogens (tertiary/aromatic N) is 3. The van der Waals surface area contributed by atoms with Crippen molar-refractivity contribution in [3.8, 4) is 5.75 Å². The smallest absolute Gasteiger partial charge is 0.422 e. The lowest BCUT2D eigenvalue weighted by Gasteiger charge is -2.28. The normalized spacial score (nSPS) is 17.1. The van der Waals surface area contributed by atoms with Crippen LogP contribution in [0.2, 0.25) is 0 Å². The first-order valence-electron chi connectivity index (χ1n) is 9.87. The summed E-state index contributed by atoms with van der Waals surface area (Å²) < 4.78 is 120. The van der Waals surface area contributed by atoms with E-state index in [0.29, 0.717) is 12.1 Å². The van der Waals surface area contributed by atoms with Crippen molar-refractivity contribution < 1.29 is 49.0 Å². The molecule has 0 saturated heterocycles. The molecule has 1 aromatic heterocycles. The third kappa shape index (κ3) is 6.69. The average Bonchev–Trinajstić information content (AvgIpc) is 3.26. The molecule has 196 valence electrons. The molecule has 0 saturated carbocycles. The van der Waals surface area contributed by atoms with E-state index in [1.54, 1.807) is 0 Å². The fourth-order valence-electron chi connectivity index (χ4n) is 3.09. The minimum Gasteiger partial charge on any atom is -0.483 e. The number of rotatable bonds is 6. The molecule has 7 nitrogen and oxygen atoms in total. The maximum atomic E-state index is 13.1. The van der Waals surface area contributed by atoms with Crippen LogP contribution in [-0.2, 0) is 12.4 Å². The van der Waals surface area contributed by atoms with Crippen molar-refractivity contribution in [2.75, 3.05) is 11.6 Å². The predicted octanol–water partition coefficient (Wildman–Crippen LogP) is 4.56. The van der Waals surface area contributed by atoms with Gasteiger partial charge in [0.1, 0.15) is 17.9 Å². The fourth-order valence-corrected chi connectivity index (χ4v) is 3.09. The number of hydrogen-bond donors (Lipinski definition) is 2. The van der Waals surface area contributed by atoms with Crippen LogP contribution in [0.25, 0.3) is 0 Å². The number of hydrogen-bond acceptors (Lipinski definition) is 6. The van der Waals surface area contributed by atoms with Gasteiger partial charge in [-0.15, -0.1) is 0 Å². The van der Waals surface area contributed by atoms with Crippen molar-refractivity contribution in [2.45, 2.75) is 37.7 Å². The molecule has 1 aliphatic heterocycles. The van der Waals surface area contributed by atoms with Crippen molar-refractivity contribution in [2.24, 2.45) is 4.99 Å². The predicted molar refractivity (Wildman–Crippen MR) is 107 cm³/mol. The number of benzene rings is 1. The van der Waals surface area contributed by atoms with Gasteiger partial charge in [-0.3, -0.25) is 10.2 Å². The Morgan fingerprint density at radius 3 is 2.17 bits per heavy atom. The van der Waals surface area contributed by atoms with Crippen LogP contribution in [-0.4, -0.2) is 42.2 Å². The highest BCUT2D eigenvalue weighted by Crippen LogP contribution is 2.36. The topological polar surface area (TPSA) is 78.9 Å². The molecule has 36 heavy (non-hydrogen) atoms. The molecule has 2 atom stereocenters. The highest BCUT2D eigenvalue weighted by Gasteiger charge is 2.38. The van der Waals surface area contributed by atoms with Crippen molar-refractivity contribution in [3.63, 3.8) is 0 Å². The monoisotopic (exact) mass is 529 g/mol. The van der Waals surface area contributed by atoms with Crippen molar-refractivity contribution in [1.82, 2.24) is 15.7 Å². The van der Waals surface area contributed by atoms with E-state index >= 15 is 0 Å². The summed E-state index contributed by atoms with van der Waals surface area (Å²) in [5, 5.41) is 3.57. The van der Waals surface area contributed by atoms with Crippen LogP contribution in [0.1, 0.15) is 28.4 Å². The lowest BCUT2D eigenvalue weighted by Crippen LogP contribution is -2.51. The summed E-state index contributed by atoms with van der Waals surface area (Å²) in [5.41, 5.74) is -1.49. The zero-order valence-corrected chi connectivity index (χ0v) is 18.0. The molecule has 0 aliphatic carbocycles. The van der Waals surface area contributed by atoms with E-state index in [9.17, 15) is 44.3 Å². The molecule has 0 spiro atoms. The van der Waals surface area contributed by atoms with Crippen LogP contribution in [0.4, 0.5) is 45.3 Å². The lowest BCUT2D eigenvalue weighted by atomic mass is 10.0. The van der Waals surface area contributed by atoms with Gasteiger partial charge in [0.15, 0.2) is 12.8 Å². The zero-order chi connectivity index (χ0) is 26.9. The maximum absolute atomic E-state index is 13.1. The number of carbonyl (C=O) groups excluding carboxylic acids is 1. The minimum atomic E-state index is -5.12. The Labute approximate surface area is 196 Å². The van der Waals surface area contributed by atoms with Gasteiger partial charge in [-0.05, 0) is 37.3 Å². The second-order valence-corrected chi connectivity index (χ2v) is 7.50. The Kier molecular flexibility index (Phi) is 7.27. The zero-order valence-electron chi connectivity index (χ0n) is 18.0. The fraction of sp³-hybridized carbons (Fsp3) is 0.350. The minimum absolute atomic E-state index is 0.0963. The molecule has 0 radical (unpaired) electrons. The average molecular weight is 529 g/mol. The summed E-state index contributed by atoms with van der Waals surface area (Å²) >= 11 is 0. The van der Waals surface area contributed by atoms with E-state index < -0.39 is 59.9 Å². The number of alkyl halides is 9. The van der Waals surface area contributed by atoms with Crippen LogP contribution in [0.3, 0.4) is 0 Å². The molecule has 2 unspecified atom stereocenters. The Hall–Kier alpha value is -3.72. The number of anilines is 1. The molecule has 1 aromatic carbocycles. The van der Waals surface area contributed by atoms with Gasteiger partial charge < -0.3 is 10.1 Å². The summed E-state index contributed by atoms with van der Waals surface area (Å²) in [6, 6.07) is 1.99. The standard InChI is InChI=1S/C20H16F9N5O2/c1-10(33-17(35)11-4-12(19(24,25)26)6-13(5-11)20(27,28)29)16-31-9-32-34(16)15-3-2-14(7-30-15)36-8-18(21,22)23/h2-7,9-10,16H,8H2,1H3,(H,31,32)(H,33,35). The van der Waals surface area contributed by atoms with E-state index in [0.717, 1.165) is 6.20 Å². The summed E-state index contributed by atoms with van der Waals surface area (Å²) in [4.78, 5) is 20.5. The number of ether oxygens (including phenoxy) is 1. The van der Waals surface area contributed by atoms with Crippen molar-refractivity contribution in [1.29, 1.82) is 0 Å². The summed E-state index contributed by atoms with van der Waals surface area (Å²) in [6.07, 6.45) is -13.6.